The quantitative estimate of drug-likeness (QED) is 0.356. The Morgan fingerprint density at radius 2 is 1.95 bits per heavy atom. The summed E-state index contributed by atoms with van der Waals surface area (Å²) in [6.45, 7) is 2.36. The number of hydrogen-bond donors (Lipinski definition) is 2. The number of hydrogen-bond acceptors (Lipinski definition) is 7. The van der Waals surface area contributed by atoms with Gasteiger partial charge in [-0.25, -0.2) is 4.79 Å². The number of esters is 1. The van der Waals surface area contributed by atoms with Crippen LogP contribution in [0.1, 0.15) is 61.6 Å². The first-order valence-electron chi connectivity index (χ1n) is 15.5. The minimum absolute atomic E-state index is 0.0167. The third-order valence-corrected chi connectivity index (χ3v) is 10.2. The predicted octanol–water partition coefficient (Wildman–Crippen LogP) is 4.76. The molecule has 9 heteroatoms. The zero-order chi connectivity index (χ0) is 30.1. The van der Waals surface area contributed by atoms with Gasteiger partial charge in [0.1, 0.15) is 12.4 Å². The number of benzene rings is 2. The highest BCUT2D eigenvalue weighted by molar-refractivity contribution is 6.30. The van der Waals surface area contributed by atoms with Gasteiger partial charge in [0, 0.05) is 30.7 Å². The maximum Gasteiger partial charge on any atom is 0.343 e. The molecule has 2 aromatic rings. The predicted molar refractivity (Wildman–Crippen MR) is 164 cm³/mol. The molecule has 2 bridgehead atoms. The van der Waals surface area contributed by atoms with Crippen molar-refractivity contribution in [1.82, 2.24) is 4.90 Å². The first-order valence-corrected chi connectivity index (χ1v) is 15.9. The van der Waals surface area contributed by atoms with Crippen molar-refractivity contribution in [2.24, 2.45) is 11.8 Å². The summed E-state index contributed by atoms with van der Waals surface area (Å²) in [7, 11) is 1.23. The average Bonchev–Trinajstić information content (AvgIpc) is 2.98. The van der Waals surface area contributed by atoms with Crippen LogP contribution in [0.5, 0.6) is 5.75 Å². The van der Waals surface area contributed by atoms with Gasteiger partial charge in [-0.1, -0.05) is 35.9 Å². The summed E-state index contributed by atoms with van der Waals surface area (Å²) in [5.41, 5.74) is 1.15. The van der Waals surface area contributed by atoms with Crippen molar-refractivity contribution in [1.29, 1.82) is 0 Å². The van der Waals surface area contributed by atoms with Gasteiger partial charge in [-0.05, 0) is 97.7 Å². The summed E-state index contributed by atoms with van der Waals surface area (Å²) in [5, 5.41) is 23.7. The van der Waals surface area contributed by atoms with Crippen molar-refractivity contribution in [2.75, 3.05) is 31.6 Å². The van der Waals surface area contributed by atoms with Crippen molar-refractivity contribution in [3.05, 3.63) is 70.3 Å². The van der Waals surface area contributed by atoms with Crippen molar-refractivity contribution in [3.63, 3.8) is 0 Å². The number of amides is 1. The van der Waals surface area contributed by atoms with E-state index in [0.717, 1.165) is 56.3 Å². The van der Waals surface area contributed by atoms with Gasteiger partial charge in [0.15, 0.2) is 5.60 Å². The number of nitrogens with zero attached hydrogens (tertiary/aromatic N) is 2. The van der Waals surface area contributed by atoms with E-state index in [1.54, 1.807) is 23.1 Å². The smallest absolute Gasteiger partial charge is 0.343 e. The highest BCUT2D eigenvalue weighted by Crippen LogP contribution is 2.42. The number of halogens is 1. The molecule has 5 atom stereocenters. The Morgan fingerprint density at radius 3 is 2.70 bits per heavy atom. The Kier molecular flexibility index (Phi) is 8.72. The Hall–Kier alpha value is -3.07. The second-order valence-electron chi connectivity index (χ2n) is 12.5. The molecule has 2 aromatic carbocycles. The van der Waals surface area contributed by atoms with Crippen molar-refractivity contribution >= 4 is 29.2 Å². The summed E-state index contributed by atoms with van der Waals surface area (Å²) in [4.78, 5) is 30.6. The van der Waals surface area contributed by atoms with Gasteiger partial charge in [0.05, 0.1) is 25.3 Å². The Morgan fingerprint density at radius 1 is 1.09 bits per heavy atom. The second kappa shape index (κ2) is 12.5. The minimum atomic E-state index is -2.15. The molecule has 0 radical (unpaired) electrons. The van der Waals surface area contributed by atoms with E-state index in [9.17, 15) is 19.8 Å². The van der Waals surface area contributed by atoms with Crippen LogP contribution in [0.4, 0.5) is 5.69 Å². The number of fused-ring (bicyclic) bond motifs is 4. The fourth-order valence-corrected chi connectivity index (χ4v) is 7.26. The summed E-state index contributed by atoms with van der Waals surface area (Å²) in [5.74, 6) is -0.107. The van der Waals surface area contributed by atoms with Crippen LogP contribution in [0.15, 0.2) is 48.6 Å². The normalized spacial score (nSPS) is 30.2. The molecule has 4 aliphatic rings. The maximum atomic E-state index is 13.5. The monoisotopic (exact) mass is 608 g/mol. The third-order valence-electron chi connectivity index (χ3n) is 9.96. The molecule has 1 amide bonds. The van der Waals surface area contributed by atoms with E-state index in [4.69, 9.17) is 21.1 Å². The molecule has 2 N–H and O–H groups in total. The molecular formula is C34H41ClN2O6. The average molecular weight is 609 g/mol. The Bertz CT molecular complexity index is 1400. The lowest BCUT2D eigenvalue weighted by molar-refractivity contribution is -0.169. The molecule has 0 spiro atoms. The zero-order valence-corrected chi connectivity index (χ0v) is 25.5. The van der Waals surface area contributed by atoms with E-state index in [1.807, 2.05) is 30.4 Å². The van der Waals surface area contributed by atoms with Crippen molar-refractivity contribution < 1.29 is 29.3 Å². The Balaban J connectivity index is 1.43. The zero-order valence-electron chi connectivity index (χ0n) is 24.7. The molecule has 3 aliphatic heterocycles. The molecule has 1 saturated carbocycles. The molecule has 43 heavy (non-hydrogen) atoms. The van der Waals surface area contributed by atoms with Gasteiger partial charge in [0.2, 0.25) is 5.91 Å². The largest absolute Gasteiger partial charge is 0.487 e. The number of aryl methyl sites for hydroxylation is 1. The van der Waals surface area contributed by atoms with Crippen molar-refractivity contribution in [3.8, 4) is 5.75 Å². The van der Waals surface area contributed by atoms with Crippen LogP contribution in [0, 0.1) is 11.8 Å². The second-order valence-corrected chi connectivity index (χ2v) is 12.9. The lowest BCUT2D eigenvalue weighted by Gasteiger charge is -2.44. The maximum absolute atomic E-state index is 13.5. The summed E-state index contributed by atoms with van der Waals surface area (Å²) < 4.78 is 11.5. The first-order chi connectivity index (χ1) is 20.8. The van der Waals surface area contributed by atoms with Gasteiger partial charge in [-0.2, -0.15) is 0 Å². The molecule has 0 unspecified atom stereocenters. The standard InChI is InChI=1S/C34H41ClN2O6/c1-42-33(40)34(41)19-32(39)37-16-14-27(37)6-4-7-30(38)28-12-9-23(28)20-36-15-3-2-5-22-17-26(35)11-8-24(22)21-43-31-13-10-25(34)18-29(31)36/h4,7-8,10-11,13,17-18,23,27-28,30,38,41H,2-3,5-6,9,12,14-16,19-21H2,1H3/b7-4+/t23-,27-,28+,30-,34+/m0/s1. The molecule has 1 saturated heterocycles. The van der Waals surface area contributed by atoms with Gasteiger partial charge in [-0.3, -0.25) is 4.79 Å². The van der Waals surface area contributed by atoms with E-state index in [0.29, 0.717) is 42.5 Å². The fourth-order valence-electron chi connectivity index (χ4n) is 7.06. The SMILES string of the molecule is COC(=O)[C@@]1(O)CC(=O)N2CC[C@@H]2C/C=C/[C@H](O)[C@@H]2CC[C@H]2CN2CCCCc3cc(Cl)ccc3COc3ccc1cc32. The van der Waals surface area contributed by atoms with Crippen LogP contribution >= 0.6 is 11.6 Å². The van der Waals surface area contributed by atoms with Crippen LogP contribution in [0.2, 0.25) is 5.02 Å². The number of aliphatic hydroxyl groups is 2. The molecule has 3 heterocycles. The fraction of sp³-hybridized carbons (Fsp3) is 0.529. The van der Waals surface area contributed by atoms with Gasteiger partial charge >= 0.3 is 5.97 Å². The molecular weight excluding hydrogens is 568 g/mol. The number of methoxy groups -OCH3 is 1. The number of anilines is 1. The summed E-state index contributed by atoms with van der Waals surface area (Å²) >= 11 is 6.33. The van der Waals surface area contributed by atoms with Crippen LogP contribution in [0.3, 0.4) is 0 Å². The topological polar surface area (TPSA) is 99.5 Å². The van der Waals surface area contributed by atoms with Gasteiger partial charge in [-0.15, -0.1) is 0 Å². The van der Waals surface area contributed by atoms with E-state index in [1.165, 1.54) is 12.7 Å². The molecule has 6 rings (SSSR count). The number of ether oxygens (including phenoxy) is 2. The van der Waals surface area contributed by atoms with Gasteiger partial charge < -0.3 is 29.5 Å². The highest BCUT2D eigenvalue weighted by atomic mass is 35.5. The lowest BCUT2D eigenvalue weighted by Crippen LogP contribution is -2.53. The molecule has 0 aromatic heterocycles. The van der Waals surface area contributed by atoms with Gasteiger partial charge in [0.25, 0.3) is 0 Å². The van der Waals surface area contributed by atoms with Crippen LogP contribution in [-0.2, 0) is 33.0 Å². The Labute approximate surface area is 258 Å². The van der Waals surface area contributed by atoms with Crippen LogP contribution in [-0.4, -0.2) is 65.9 Å². The number of aliphatic hydroxyl groups excluding tert-OH is 1. The van der Waals surface area contributed by atoms with E-state index >= 15 is 0 Å². The molecule has 8 nitrogen and oxygen atoms in total. The lowest BCUT2D eigenvalue weighted by atomic mass is 9.70. The molecule has 230 valence electrons. The summed E-state index contributed by atoms with van der Waals surface area (Å²) in [6, 6.07) is 11.1. The summed E-state index contributed by atoms with van der Waals surface area (Å²) in [6.07, 6.45) is 9.11. The van der Waals surface area contributed by atoms with Crippen molar-refractivity contribution in [2.45, 2.75) is 75.7 Å². The minimum Gasteiger partial charge on any atom is -0.487 e. The molecule has 2 fully saturated rings. The number of carbonyl (C=O) groups excluding carboxylic acids is 2. The molecule has 1 aliphatic carbocycles. The number of carbonyl (C=O) groups is 2. The van der Waals surface area contributed by atoms with Crippen LogP contribution < -0.4 is 9.64 Å². The number of rotatable bonds is 1. The first kappa shape index (κ1) is 30.0. The van der Waals surface area contributed by atoms with E-state index in [2.05, 4.69) is 4.90 Å². The highest BCUT2D eigenvalue weighted by Gasteiger charge is 2.45. The van der Waals surface area contributed by atoms with E-state index in [-0.39, 0.29) is 23.8 Å². The third kappa shape index (κ3) is 6.02. The van der Waals surface area contributed by atoms with E-state index < -0.39 is 24.1 Å². The van der Waals surface area contributed by atoms with Crippen LogP contribution in [0.25, 0.3) is 0 Å².